The first-order chi connectivity index (χ1) is 16.7. The van der Waals surface area contributed by atoms with Crippen LogP contribution in [0.3, 0.4) is 0 Å². The minimum atomic E-state index is -3.96. The Hall–Kier alpha value is -2.97. The van der Waals surface area contributed by atoms with E-state index in [1.165, 1.54) is 22.4 Å². The van der Waals surface area contributed by atoms with Crippen LogP contribution < -0.4 is 4.74 Å². The summed E-state index contributed by atoms with van der Waals surface area (Å²) in [6.45, 7) is 3.49. The molecular weight excluding hydrogens is 470 g/mol. The summed E-state index contributed by atoms with van der Waals surface area (Å²) >= 11 is 0. The number of likely N-dealkylation sites (N-methyl/N-ethyl adjacent to an activating group) is 1. The second-order valence-corrected chi connectivity index (χ2v) is 10.5. The van der Waals surface area contributed by atoms with Gasteiger partial charge in [0.2, 0.25) is 15.9 Å². The van der Waals surface area contributed by atoms with Gasteiger partial charge in [-0.05, 0) is 37.3 Å². The topological polar surface area (TPSA) is 109 Å². The van der Waals surface area contributed by atoms with Gasteiger partial charge in [0, 0.05) is 56.2 Å². The molecule has 1 amide bonds. The number of methoxy groups -OCH3 is 1. The molecule has 1 aliphatic heterocycles. The van der Waals surface area contributed by atoms with E-state index in [0.29, 0.717) is 5.56 Å². The van der Waals surface area contributed by atoms with Crippen LogP contribution in [-0.4, -0.2) is 86.2 Å². The molecule has 1 aromatic heterocycles. The molecule has 0 radical (unpaired) electrons. The summed E-state index contributed by atoms with van der Waals surface area (Å²) in [5.41, 5.74) is 1.29. The van der Waals surface area contributed by atoms with Crippen molar-refractivity contribution in [3.63, 3.8) is 0 Å². The number of aliphatic hydroxyl groups excluding tert-OH is 1. The number of benzene rings is 1. The summed E-state index contributed by atoms with van der Waals surface area (Å²) in [4.78, 5) is 17.8. The average molecular weight is 502 g/mol. The lowest BCUT2D eigenvalue weighted by molar-refractivity contribution is -0.135. The number of aliphatic hydroxyl groups is 1. The first kappa shape index (κ1) is 26.6. The van der Waals surface area contributed by atoms with E-state index in [-0.39, 0.29) is 48.8 Å². The van der Waals surface area contributed by atoms with Crippen LogP contribution >= 0.6 is 0 Å². The Morgan fingerprint density at radius 3 is 2.74 bits per heavy atom. The van der Waals surface area contributed by atoms with Crippen LogP contribution in [0.4, 0.5) is 0 Å². The molecule has 3 atom stereocenters. The van der Waals surface area contributed by atoms with Gasteiger partial charge in [0.05, 0.1) is 13.2 Å². The van der Waals surface area contributed by atoms with E-state index < -0.39 is 22.2 Å². The van der Waals surface area contributed by atoms with Crippen molar-refractivity contribution in [2.45, 2.75) is 30.9 Å². The third kappa shape index (κ3) is 6.38. The van der Waals surface area contributed by atoms with E-state index in [1.807, 2.05) is 13.0 Å². The Morgan fingerprint density at radius 1 is 1.34 bits per heavy atom. The lowest BCUT2D eigenvalue weighted by atomic mass is 10.0. The quantitative estimate of drug-likeness (QED) is 0.595. The van der Waals surface area contributed by atoms with Crippen LogP contribution in [0.5, 0.6) is 5.75 Å². The molecule has 0 saturated heterocycles. The van der Waals surface area contributed by atoms with Gasteiger partial charge in [-0.2, -0.15) is 4.31 Å². The number of nitrogens with zero attached hydrogens (tertiary/aromatic N) is 3. The minimum Gasteiger partial charge on any atom is -0.487 e. The van der Waals surface area contributed by atoms with Crippen molar-refractivity contribution in [1.29, 1.82) is 0 Å². The van der Waals surface area contributed by atoms with E-state index in [1.54, 1.807) is 44.6 Å². The lowest BCUT2D eigenvalue weighted by Gasteiger charge is -2.37. The maximum absolute atomic E-state index is 13.5. The van der Waals surface area contributed by atoms with Crippen molar-refractivity contribution in [3.05, 3.63) is 53.9 Å². The highest BCUT2D eigenvalue weighted by Crippen LogP contribution is 2.34. The molecule has 10 heteroatoms. The highest BCUT2D eigenvalue weighted by Gasteiger charge is 2.38. The fourth-order valence-corrected chi connectivity index (χ4v) is 5.53. The van der Waals surface area contributed by atoms with Crippen LogP contribution in [0.2, 0.25) is 0 Å². The van der Waals surface area contributed by atoms with Crippen molar-refractivity contribution >= 4 is 15.9 Å². The van der Waals surface area contributed by atoms with Gasteiger partial charge in [-0.1, -0.05) is 18.8 Å². The highest BCUT2D eigenvalue weighted by molar-refractivity contribution is 7.89. The Morgan fingerprint density at radius 2 is 2.09 bits per heavy atom. The second kappa shape index (κ2) is 11.6. The van der Waals surface area contributed by atoms with Crippen LogP contribution in [0.25, 0.3) is 0 Å². The molecule has 0 bridgehead atoms. The van der Waals surface area contributed by atoms with E-state index in [0.717, 1.165) is 5.56 Å². The molecular formula is C25H31N3O6S. The number of hydrogen-bond donors (Lipinski definition) is 1. The summed E-state index contributed by atoms with van der Waals surface area (Å²) in [5, 5.41) is 9.75. The molecule has 9 nitrogen and oxygen atoms in total. The number of rotatable bonds is 6. The van der Waals surface area contributed by atoms with Gasteiger partial charge < -0.3 is 19.5 Å². The second-order valence-electron chi connectivity index (χ2n) is 8.60. The maximum atomic E-state index is 13.5. The molecule has 2 aromatic rings. The van der Waals surface area contributed by atoms with E-state index >= 15 is 0 Å². The fourth-order valence-electron chi connectivity index (χ4n) is 3.71. The van der Waals surface area contributed by atoms with Gasteiger partial charge in [0.25, 0.3) is 0 Å². The molecule has 1 aromatic carbocycles. The molecule has 0 spiro atoms. The van der Waals surface area contributed by atoms with Crippen LogP contribution in [-0.2, 0) is 19.6 Å². The van der Waals surface area contributed by atoms with Gasteiger partial charge in [-0.25, -0.2) is 8.42 Å². The van der Waals surface area contributed by atoms with Crippen LogP contribution in [0, 0.1) is 17.8 Å². The van der Waals surface area contributed by atoms with Gasteiger partial charge in [0.1, 0.15) is 23.4 Å². The van der Waals surface area contributed by atoms with Crippen molar-refractivity contribution in [3.8, 4) is 17.6 Å². The number of sulfonamides is 1. The van der Waals surface area contributed by atoms with Crippen LogP contribution in [0.15, 0.2) is 47.6 Å². The minimum absolute atomic E-state index is 0.00695. The zero-order chi connectivity index (χ0) is 25.6. The van der Waals surface area contributed by atoms with Gasteiger partial charge >= 0.3 is 0 Å². The molecule has 1 N–H and O–H groups in total. The Bertz CT molecular complexity index is 1190. The molecule has 1 aliphatic rings. The molecule has 0 fully saturated rings. The fraction of sp³-hybridized carbons (Fsp3) is 0.440. The van der Waals surface area contributed by atoms with Crippen molar-refractivity contribution in [1.82, 2.24) is 14.2 Å². The Kier molecular flexibility index (Phi) is 8.86. The predicted octanol–water partition coefficient (Wildman–Crippen LogP) is 1.35. The SMILES string of the molecule is COCC(=O)N(C)C[C@H]1Oc2cc(C#Cc3cccnc3)ccc2S(=O)(=O)N([C@H](C)CO)C[C@@H]1C. The number of carbonyl (C=O) groups is 1. The molecule has 0 unspecified atom stereocenters. The predicted molar refractivity (Wildman–Crippen MR) is 130 cm³/mol. The Labute approximate surface area is 206 Å². The average Bonchev–Trinajstić information content (AvgIpc) is 2.85. The van der Waals surface area contributed by atoms with E-state index in [9.17, 15) is 18.3 Å². The molecule has 0 saturated carbocycles. The van der Waals surface area contributed by atoms with Crippen molar-refractivity contribution in [2.24, 2.45) is 5.92 Å². The van der Waals surface area contributed by atoms with E-state index in [2.05, 4.69) is 16.8 Å². The number of ether oxygens (including phenoxy) is 2. The maximum Gasteiger partial charge on any atom is 0.248 e. The molecule has 188 valence electrons. The molecule has 35 heavy (non-hydrogen) atoms. The first-order valence-corrected chi connectivity index (χ1v) is 12.7. The highest BCUT2D eigenvalue weighted by atomic mass is 32.2. The summed E-state index contributed by atoms with van der Waals surface area (Å²) in [6, 6.07) is 7.67. The smallest absolute Gasteiger partial charge is 0.248 e. The van der Waals surface area contributed by atoms with Gasteiger partial charge in [0.15, 0.2) is 0 Å². The summed E-state index contributed by atoms with van der Waals surface area (Å²) in [6.07, 6.45) is 2.79. The summed E-state index contributed by atoms with van der Waals surface area (Å²) < 4.78 is 39.6. The third-order valence-corrected chi connectivity index (χ3v) is 7.85. The lowest BCUT2D eigenvalue weighted by Crippen LogP contribution is -2.50. The molecule has 0 aliphatic carbocycles. The van der Waals surface area contributed by atoms with Gasteiger partial charge in [-0.15, -0.1) is 0 Å². The number of amides is 1. The number of fused-ring (bicyclic) bond motifs is 1. The zero-order valence-electron chi connectivity index (χ0n) is 20.3. The van der Waals surface area contributed by atoms with Gasteiger partial charge in [-0.3, -0.25) is 9.78 Å². The summed E-state index contributed by atoms with van der Waals surface area (Å²) in [7, 11) is -0.859. The Balaban J connectivity index is 2.04. The largest absolute Gasteiger partial charge is 0.487 e. The first-order valence-electron chi connectivity index (χ1n) is 11.3. The summed E-state index contributed by atoms with van der Waals surface area (Å²) in [5.74, 6) is 5.69. The zero-order valence-corrected chi connectivity index (χ0v) is 21.2. The standard InChI is InChI=1S/C25H31N3O6S/c1-18-14-28(19(2)16-29)35(31,32)24-10-9-20(7-8-21-6-5-11-26-13-21)12-22(24)34-23(18)15-27(3)25(30)17-33-4/h5-6,9-13,18-19,23,29H,14-17H2,1-4H3/t18-,19+,23+/m0/s1. The van der Waals surface area contributed by atoms with Crippen molar-refractivity contribution in [2.75, 3.05) is 40.5 Å². The monoisotopic (exact) mass is 501 g/mol. The number of aromatic nitrogens is 1. The third-order valence-electron chi connectivity index (χ3n) is 5.83. The van der Waals surface area contributed by atoms with Crippen molar-refractivity contribution < 1.29 is 27.8 Å². The van der Waals surface area contributed by atoms with E-state index in [4.69, 9.17) is 9.47 Å². The normalized spacial score (nSPS) is 20.3. The number of carbonyl (C=O) groups excluding carboxylic acids is 1. The molecule has 3 rings (SSSR count). The van der Waals surface area contributed by atoms with Crippen LogP contribution in [0.1, 0.15) is 25.0 Å². The number of hydrogen-bond acceptors (Lipinski definition) is 7. The number of pyridine rings is 1. The molecule has 2 heterocycles.